The van der Waals surface area contributed by atoms with E-state index >= 15 is 0 Å². The molecule has 0 heterocycles. The molecule has 12 heteroatoms. The Bertz CT molecular complexity index is 1400. The van der Waals surface area contributed by atoms with E-state index in [1.807, 2.05) is 0 Å². The minimum Gasteiger partial charge on any atom is -0.507 e. The van der Waals surface area contributed by atoms with Gasteiger partial charge in [-0.3, -0.25) is 38.5 Å². The van der Waals surface area contributed by atoms with Crippen molar-refractivity contribution in [2.24, 2.45) is 28.4 Å². The summed E-state index contributed by atoms with van der Waals surface area (Å²) in [6, 6.07) is 0.986. The molecule has 2 unspecified atom stereocenters. The van der Waals surface area contributed by atoms with Crippen LogP contribution in [0.3, 0.4) is 0 Å². The molecule has 2 saturated carbocycles. The third-order valence-electron chi connectivity index (χ3n) is 8.72. The van der Waals surface area contributed by atoms with Gasteiger partial charge in [0.1, 0.15) is 5.75 Å². The first-order chi connectivity index (χ1) is 17.9. The summed E-state index contributed by atoms with van der Waals surface area (Å²) in [7, 11) is 5.75. The van der Waals surface area contributed by atoms with E-state index in [0.717, 1.165) is 11.0 Å². The zero-order valence-corrected chi connectivity index (χ0v) is 22.5. The number of benzene rings is 1. The Balaban J connectivity index is 1.98. The molecule has 4 rings (SSSR count). The number of hydrogen-bond acceptors (Lipinski definition) is 10. The molecule has 3 aliphatic carbocycles. The highest BCUT2D eigenvalue weighted by Gasteiger charge is 2.76. The number of likely N-dealkylation sites (N-methyl/N-ethyl adjacent to an activating group) is 2. The molecule has 0 aliphatic heterocycles. The molecule has 1 aromatic rings. The average molecular weight is 542 g/mol. The Labute approximate surface area is 224 Å². The Morgan fingerprint density at radius 3 is 2.10 bits per heavy atom. The van der Waals surface area contributed by atoms with Gasteiger partial charge in [-0.2, -0.15) is 0 Å². The number of nitrogens with two attached hydrogens (primary N) is 1. The van der Waals surface area contributed by atoms with E-state index in [9.17, 15) is 43.8 Å². The maximum absolute atomic E-state index is 14.1. The number of rotatable bonds is 4. The summed E-state index contributed by atoms with van der Waals surface area (Å²) >= 11 is 0. The molecule has 0 spiro atoms. The summed E-state index contributed by atoms with van der Waals surface area (Å²) in [5, 5.41) is 22.5. The first-order valence-electron chi connectivity index (χ1n) is 12.3. The van der Waals surface area contributed by atoms with Crippen LogP contribution in [0.25, 0.3) is 0 Å². The highest BCUT2D eigenvalue weighted by molar-refractivity contribution is 6.43. The molecule has 0 radical (unpaired) electrons. The lowest BCUT2D eigenvalue weighted by molar-refractivity contribution is -0.203. The van der Waals surface area contributed by atoms with Crippen molar-refractivity contribution >= 4 is 40.7 Å². The molecule has 39 heavy (non-hydrogen) atoms. The second kappa shape index (κ2) is 8.62. The van der Waals surface area contributed by atoms with E-state index in [1.165, 1.54) is 46.1 Å². The van der Waals surface area contributed by atoms with Crippen LogP contribution in [0.5, 0.6) is 5.75 Å². The number of aromatic hydroxyl groups is 1. The molecule has 208 valence electrons. The van der Waals surface area contributed by atoms with Gasteiger partial charge in [-0.05, 0) is 50.0 Å². The number of amides is 2. The summed E-state index contributed by atoms with van der Waals surface area (Å²) in [5.74, 6) is -11.8. The lowest BCUT2D eigenvalue weighted by Gasteiger charge is -2.61. The van der Waals surface area contributed by atoms with Crippen LogP contribution in [-0.4, -0.2) is 101 Å². The third kappa shape index (κ3) is 3.47. The van der Waals surface area contributed by atoms with E-state index in [0.29, 0.717) is 0 Å². The fourth-order valence-electron chi connectivity index (χ4n) is 7.25. The van der Waals surface area contributed by atoms with Crippen LogP contribution in [0.1, 0.15) is 46.5 Å². The molecule has 4 N–H and O–H groups in total. The maximum atomic E-state index is 14.1. The first kappa shape index (κ1) is 28.2. The molecule has 12 nitrogen and oxygen atoms in total. The first-order valence-corrected chi connectivity index (χ1v) is 12.3. The van der Waals surface area contributed by atoms with Crippen LogP contribution in [0.2, 0.25) is 0 Å². The predicted molar refractivity (Wildman–Crippen MR) is 134 cm³/mol. The van der Waals surface area contributed by atoms with Crippen LogP contribution in [0.4, 0.5) is 0 Å². The minimum absolute atomic E-state index is 0.0608. The van der Waals surface area contributed by atoms with Gasteiger partial charge in [0.2, 0.25) is 5.91 Å². The lowest BCUT2D eigenvalue weighted by atomic mass is 9.42. The summed E-state index contributed by atoms with van der Waals surface area (Å²) in [6.45, 7) is 2.95. The van der Waals surface area contributed by atoms with Crippen LogP contribution >= 0.6 is 0 Å². The molecular weight excluding hydrogens is 510 g/mol. The Kier molecular flexibility index (Phi) is 6.24. The third-order valence-corrected chi connectivity index (χ3v) is 8.72. The molecule has 1 aromatic carbocycles. The van der Waals surface area contributed by atoms with Crippen molar-refractivity contribution in [1.82, 2.24) is 9.80 Å². The van der Waals surface area contributed by atoms with E-state index in [4.69, 9.17) is 5.73 Å². The fourth-order valence-corrected chi connectivity index (χ4v) is 7.25. The standard InChI is InChI=1S/C27H31N3O9/c1-25-9-12-11(17(32)24(38)30(5)6)7-8-13(31)14(12)18(33)16(25)22(36)27(39)21(35)15(23(28)37)19(34)20(29(3)4)26(27,2)10-25/h7-8,15-16,20,31,39H,9-10H2,1-6H3,(H2,28,37)/t15?,16?,20-,25+,26+,27-/m1/s1. The number of ketones is 5. The van der Waals surface area contributed by atoms with Gasteiger partial charge in [0.05, 0.1) is 17.5 Å². The van der Waals surface area contributed by atoms with E-state index < -0.39 is 80.8 Å². The Morgan fingerprint density at radius 2 is 1.59 bits per heavy atom. The van der Waals surface area contributed by atoms with E-state index in [2.05, 4.69) is 0 Å². The summed E-state index contributed by atoms with van der Waals surface area (Å²) in [4.78, 5) is 95.2. The summed E-state index contributed by atoms with van der Waals surface area (Å²) < 4.78 is 0. The largest absolute Gasteiger partial charge is 0.507 e. The van der Waals surface area contributed by atoms with Crippen LogP contribution < -0.4 is 5.73 Å². The van der Waals surface area contributed by atoms with Gasteiger partial charge in [-0.15, -0.1) is 0 Å². The monoisotopic (exact) mass is 541 g/mol. The van der Waals surface area contributed by atoms with Gasteiger partial charge in [0.25, 0.3) is 11.7 Å². The Morgan fingerprint density at radius 1 is 1.00 bits per heavy atom. The van der Waals surface area contributed by atoms with Gasteiger partial charge >= 0.3 is 0 Å². The molecule has 2 amide bonds. The van der Waals surface area contributed by atoms with Gasteiger partial charge in [0, 0.05) is 25.1 Å². The zero-order valence-electron chi connectivity index (χ0n) is 22.5. The minimum atomic E-state index is -2.92. The maximum Gasteiger partial charge on any atom is 0.294 e. The highest BCUT2D eigenvalue weighted by atomic mass is 16.3. The number of phenolic OH excluding ortho intramolecular Hbond substituents is 1. The van der Waals surface area contributed by atoms with Crippen molar-refractivity contribution in [3.63, 3.8) is 0 Å². The molecule has 2 fully saturated rings. The van der Waals surface area contributed by atoms with Crippen molar-refractivity contribution in [2.75, 3.05) is 28.2 Å². The number of primary amides is 1. The highest BCUT2D eigenvalue weighted by Crippen LogP contribution is 2.61. The number of carbonyl (C=O) groups is 7. The smallest absolute Gasteiger partial charge is 0.294 e. The second-order valence-electron chi connectivity index (χ2n) is 11.8. The van der Waals surface area contributed by atoms with Crippen molar-refractivity contribution in [1.29, 1.82) is 0 Å². The Hall–Kier alpha value is -3.77. The quantitative estimate of drug-likeness (QED) is 0.240. The van der Waals surface area contributed by atoms with Crippen molar-refractivity contribution in [2.45, 2.75) is 38.3 Å². The van der Waals surface area contributed by atoms with Crippen molar-refractivity contribution in [3.05, 3.63) is 28.8 Å². The summed E-state index contributed by atoms with van der Waals surface area (Å²) in [6.07, 6.45) is -0.386. The zero-order chi connectivity index (χ0) is 29.6. The fraction of sp³-hybridized carbons (Fsp3) is 0.519. The van der Waals surface area contributed by atoms with Crippen molar-refractivity contribution in [3.8, 4) is 5.75 Å². The van der Waals surface area contributed by atoms with E-state index in [-0.39, 0.29) is 29.5 Å². The number of Topliss-reactive ketones (excluding diaryl/α,β-unsaturated/α-hetero) is 5. The van der Waals surface area contributed by atoms with Gasteiger partial charge in [0.15, 0.2) is 34.7 Å². The molecule has 6 atom stereocenters. The molecule has 0 saturated heterocycles. The molecular formula is C27H31N3O9. The number of hydrogen-bond donors (Lipinski definition) is 3. The predicted octanol–water partition coefficient (Wildman–Crippen LogP) is -1.08. The SMILES string of the molecule is CN(C)C(=O)C(=O)c1ccc(O)c2c1C[C@@]1(C)C[C@@]3(C)[C@H](N(C)C)C(=O)C(C(N)=O)C(=O)[C@@]3(O)C(=O)C1C2=O. The number of phenols is 1. The number of aliphatic hydroxyl groups is 1. The number of nitrogens with zero attached hydrogens (tertiary/aromatic N) is 2. The van der Waals surface area contributed by atoms with Gasteiger partial charge in [-0.1, -0.05) is 13.8 Å². The second-order valence-corrected chi connectivity index (χ2v) is 11.8. The molecule has 3 aliphatic rings. The molecule has 0 aromatic heterocycles. The van der Waals surface area contributed by atoms with Crippen LogP contribution in [-0.2, 0) is 30.4 Å². The van der Waals surface area contributed by atoms with Gasteiger partial charge < -0.3 is 20.8 Å². The topological polar surface area (TPSA) is 192 Å². The average Bonchev–Trinajstić information content (AvgIpc) is 2.80. The van der Waals surface area contributed by atoms with Gasteiger partial charge in [-0.25, -0.2) is 0 Å². The lowest BCUT2D eigenvalue weighted by Crippen LogP contribution is -2.79. The normalized spacial score (nSPS) is 33.8. The van der Waals surface area contributed by atoms with Crippen LogP contribution in [0.15, 0.2) is 12.1 Å². The molecule has 0 bridgehead atoms. The summed E-state index contributed by atoms with van der Waals surface area (Å²) in [5.41, 5.74) is -1.13. The van der Waals surface area contributed by atoms with E-state index in [1.54, 1.807) is 6.92 Å². The van der Waals surface area contributed by atoms with Crippen molar-refractivity contribution < 1.29 is 43.8 Å². The number of fused-ring (bicyclic) bond motifs is 3. The number of carbonyl (C=O) groups excluding carboxylic acids is 7. The van der Waals surface area contributed by atoms with Crippen LogP contribution in [0, 0.1) is 22.7 Å².